The average Bonchev–Trinajstić information content (AvgIpc) is 2.18. The molecule has 1 saturated heterocycles. The number of piperidine rings is 1. The summed E-state index contributed by atoms with van der Waals surface area (Å²) in [5, 5.41) is 7.86. The summed E-state index contributed by atoms with van der Waals surface area (Å²) in [4.78, 5) is 6.26. The molecular weight excluding hydrogens is 178 g/mol. The van der Waals surface area contributed by atoms with E-state index in [1.165, 1.54) is 12.7 Å². The van der Waals surface area contributed by atoms with Crippen LogP contribution in [0.4, 0.5) is 5.82 Å². The fourth-order valence-corrected chi connectivity index (χ4v) is 1.97. The smallest absolute Gasteiger partial charge is 0.149 e. The molecule has 0 aliphatic carbocycles. The molecule has 0 radical (unpaired) electrons. The van der Waals surface area contributed by atoms with Crippen LogP contribution in [0.2, 0.25) is 0 Å². The van der Waals surface area contributed by atoms with E-state index >= 15 is 0 Å². The Balaban J connectivity index is 2.18. The number of likely N-dealkylation sites (N-methyl/N-ethyl adjacent to an activating group) is 1. The second-order valence-corrected chi connectivity index (χ2v) is 3.83. The third-order valence-corrected chi connectivity index (χ3v) is 2.69. The number of anilines is 1. The van der Waals surface area contributed by atoms with Crippen LogP contribution >= 0.6 is 0 Å². The third-order valence-electron chi connectivity index (χ3n) is 2.69. The van der Waals surface area contributed by atoms with Gasteiger partial charge in [0.1, 0.15) is 17.8 Å². The Bertz CT molecular complexity index is 314. The summed E-state index contributed by atoms with van der Waals surface area (Å²) in [6.45, 7) is 2.16. The molecule has 1 aliphatic rings. The molecule has 0 saturated carbocycles. The zero-order valence-corrected chi connectivity index (χ0v) is 8.35. The van der Waals surface area contributed by atoms with Gasteiger partial charge >= 0.3 is 0 Å². The lowest BCUT2D eigenvalue weighted by atomic mass is 9.95. The monoisotopic (exact) mass is 193 g/mol. The summed E-state index contributed by atoms with van der Waals surface area (Å²) in [6.07, 6.45) is 3.72. The number of hydrogen-bond donors (Lipinski definition) is 1. The van der Waals surface area contributed by atoms with Gasteiger partial charge in [0, 0.05) is 12.5 Å². The first-order chi connectivity index (χ1) is 6.77. The fourth-order valence-electron chi connectivity index (χ4n) is 1.97. The molecule has 1 aliphatic heterocycles. The maximum Gasteiger partial charge on any atom is 0.149 e. The molecule has 1 aromatic rings. The van der Waals surface area contributed by atoms with Crippen molar-refractivity contribution in [2.45, 2.75) is 18.8 Å². The summed E-state index contributed by atoms with van der Waals surface area (Å²) in [5.74, 6) is 0.926. The normalized spacial score (nSPS) is 23.6. The Morgan fingerprint density at radius 1 is 1.57 bits per heavy atom. The molecule has 1 fully saturated rings. The molecule has 2 rings (SSSR count). The van der Waals surface area contributed by atoms with Crippen LogP contribution in [-0.4, -0.2) is 40.2 Å². The van der Waals surface area contributed by atoms with Gasteiger partial charge in [0.2, 0.25) is 0 Å². The summed E-state index contributed by atoms with van der Waals surface area (Å²) in [7, 11) is 2.12. The summed E-state index contributed by atoms with van der Waals surface area (Å²) >= 11 is 0. The molecule has 14 heavy (non-hydrogen) atoms. The summed E-state index contributed by atoms with van der Waals surface area (Å²) in [6, 6.07) is 0. The standard InChI is InChI=1S/C9H15N5/c1-14-4-2-3-7(5-14)8-9(10)11-6-12-13-8/h6-7H,2-5H2,1H3,(H2,10,11,12). The van der Waals surface area contributed by atoms with Crippen molar-refractivity contribution in [3.8, 4) is 0 Å². The van der Waals surface area contributed by atoms with E-state index in [0.29, 0.717) is 11.7 Å². The van der Waals surface area contributed by atoms with Crippen molar-refractivity contribution in [3.05, 3.63) is 12.0 Å². The van der Waals surface area contributed by atoms with Crippen LogP contribution < -0.4 is 5.73 Å². The highest BCUT2D eigenvalue weighted by Crippen LogP contribution is 2.26. The van der Waals surface area contributed by atoms with Gasteiger partial charge in [-0.15, -0.1) is 10.2 Å². The fraction of sp³-hybridized carbons (Fsp3) is 0.667. The Labute approximate surface area is 83.3 Å². The Kier molecular flexibility index (Phi) is 2.58. The minimum atomic E-state index is 0.398. The zero-order chi connectivity index (χ0) is 9.97. The van der Waals surface area contributed by atoms with E-state index in [9.17, 15) is 0 Å². The van der Waals surface area contributed by atoms with Crippen LogP contribution in [0.5, 0.6) is 0 Å². The van der Waals surface area contributed by atoms with E-state index < -0.39 is 0 Å². The van der Waals surface area contributed by atoms with E-state index in [4.69, 9.17) is 5.73 Å². The van der Waals surface area contributed by atoms with Crippen LogP contribution in [0, 0.1) is 0 Å². The highest BCUT2D eigenvalue weighted by Gasteiger charge is 2.22. The largest absolute Gasteiger partial charge is 0.382 e. The molecule has 0 amide bonds. The molecule has 2 heterocycles. The molecule has 76 valence electrons. The lowest BCUT2D eigenvalue weighted by Crippen LogP contribution is -2.31. The molecule has 5 heteroatoms. The minimum Gasteiger partial charge on any atom is -0.382 e. The number of nitrogens with two attached hydrogens (primary N) is 1. The minimum absolute atomic E-state index is 0.398. The van der Waals surface area contributed by atoms with Crippen molar-refractivity contribution in [1.82, 2.24) is 20.1 Å². The number of aromatic nitrogens is 3. The van der Waals surface area contributed by atoms with E-state index in [0.717, 1.165) is 25.2 Å². The molecule has 1 atom stereocenters. The van der Waals surface area contributed by atoms with Crippen LogP contribution in [0.1, 0.15) is 24.5 Å². The van der Waals surface area contributed by atoms with E-state index in [-0.39, 0.29) is 0 Å². The van der Waals surface area contributed by atoms with Gasteiger partial charge in [0.15, 0.2) is 0 Å². The molecule has 0 bridgehead atoms. The Hall–Kier alpha value is -1.23. The quantitative estimate of drug-likeness (QED) is 0.693. The lowest BCUT2D eigenvalue weighted by molar-refractivity contribution is 0.248. The maximum absolute atomic E-state index is 5.76. The second kappa shape index (κ2) is 3.88. The highest BCUT2D eigenvalue weighted by atomic mass is 15.2. The van der Waals surface area contributed by atoms with Gasteiger partial charge in [-0.25, -0.2) is 4.98 Å². The third kappa shape index (κ3) is 1.82. The van der Waals surface area contributed by atoms with E-state index in [1.807, 2.05) is 0 Å². The molecule has 0 aromatic carbocycles. The molecule has 5 nitrogen and oxygen atoms in total. The van der Waals surface area contributed by atoms with Gasteiger partial charge in [-0.1, -0.05) is 0 Å². The highest BCUT2D eigenvalue weighted by molar-refractivity contribution is 5.35. The number of nitrogens with zero attached hydrogens (tertiary/aromatic N) is 4. The Morgan fingerprint density at radius 3 is 3.14 bits per heavy atom. The first-order valence-corrected chi connectivity index (χ1v) is 4.89. The molecule has 0 spiro atoms. The number of nitrogen functional groups attached to an aromatic ring is 1. The van der Waals surface area contributed by atoms with E-state index in [1.54, 1.807) is 0 Å². The van der Waals surface area contributed by atoms with Gasteiger partial charge in [-0.2, -0.15) is 0 Å². The van der Waals surface area contributed by atoms with Crippen molar-refractivity contribution >= 4 is 5.82 Å². The van der Waals surface area contributed by atoms with Crippen molar-refractivity contribution < 1.29 is 0 Å². The molecule has 2 N–H and O–H groups in total. The number of likely N-dealkylation sites (tertiary alicyclic amines) is 1. The van der Waals surface area contributed by atoms with E-state index in [2.05, 4.69) is 27.1 Å². The topological polar surface area (TPSA) is 67.9 Å². The molecule has 1 aromatic heterocycles. The van der Waals surface area contributed by atoms with Gasteiger partial charge < -0.3 is 10.6 Å². The predicted molar refractivity (Wildman–Crippen MR) is 53.7 cm³/mol. The average molecular weight is 193 g/mol. The molecule has 1 unspecified atom stereocenters. The number of hydrogen-bond acceptors (Lipinski definition) is 5. The first-order valence-electron chi connectivity index (χ1n) is 4.89. The summed E-state index contributed by atoms with van der Waals surface area (Å²) < 4.78 is 0. The SMILES string of the molecule is CN1CCCC(c2nncnc2N)C1. The van der Waals surface area contributed by atoms with Gasteiger partial charge in [-0.3, -0.25) is 0 Å². The summed E-state index contributed by atoms with van der Waals surface area (Å²) in [5.41, 5.74) is 6.62. The lowest BCUT2D eigenvalue weighted by Gasteiger charge is -2.29. The van der Waals surface area contributed by atoms with Crippen molar-refractivity contribution in [1.29, 1.82) is 0 Å². The molecular formula is C9H15N5. The number of rotatable bonds is 1. The van der Waals surface area contributed by atoms with Crippen LogP contribution in [0.25, 0.3) is 0 Å². The van der Waals surface area contributed by atoms with Gasteiger partial charge in [0.05, 0.1) is 0 Å². The maximum atomic E-state index is 5.76. The van der Waals surface area contributed by atoms with Gasteiger partial charge in [-0.05, 0) is 26.4 Å². The van der Waals surface area contributed by atoms with Crippen molar-refractivity contribution in [3.63, 3.8) is 0 Å². The van der Waals surface area contributed by atoms with Crippen molar-refractivity contribution in [2.75, 3.05) is 25.9 Å². The Morgan fingerprint density at radius 2 is 2.43 bits per heavy atom. The van der Waals surface area contributed by atoms with Crippen LogP contribution in [0.15, 0.2) is 6.33 Å². The van der Waals surface area contributed by atoms with Gasteiger partial charge in [0.25, 0.3) is 0 Å². The van der Waals surface area contributed by atoms with Crippen LogP contribution in [0.3, 0.4) is 0 Å². The van der Waals surface area contributed by atoms with Crippen LogP contribution in [-0.2, 0) is 0 Å². The second-order valence-electron chi connectivity index (χ2n) is 3.83. The first kappa shape index (κ1) is 9.33. The zero-order valence-electron chi connectivity index (χ0n) is 8.35. The van der Waals surface area contributed by atoms with Crippen molar-refractivity contribution in [2.24, 2.45) is 0 Å². The predicted octanol–water partition coefficient (Wildman–Crippen LogP) is 0.263.